The van der Waals surface area contributed by atoms with Gasteiger partial charge < -0.3 is 15.0 Å². The zero-order chi connectivity index (χ0) is 15.9. The van der Waals surface area contributed by atoms with E-state index in [4.69, 9.17) is 4.74 Å². The van der Waals surface area contributed by atoms with Gasteiger partial charge in [0.2, 0.25) is 11.8 Å². The zero-order valence-corrected chi connectivity index (χ0v) is 14.8. The molecule has 1 aliphatic heterocycles. The van der Waals surface area contributed by atoms with Crippen molar-refractivity contribution in [3.63, 3.8) is 0 Å². The lowest BCUT2D eigenvalue weighted by Gasteiger charge is -2.30. The molecule has 7 heteroatoms. The van der Waals surface area contributed by atoms with Gasteiger partial charge in [-0.3, -0.25) is 9.59 Å². The van der Waals surface area contributed by atoms with E-state index in [1.54, 1.807) is 16.7 Å². The van der Waals surface area contributed by atoms with Gasteiger partial charge in [0.05, 0.1) is 13.2 Å². The second kappa shape index (κ2) is 8.55. The number of amides is 2. The third kappa shape index (κ3) is 5.30. The van der Waals surface area contributed by atoms with Crippen LogP contribution in [0.4, 0.5) is 0 Å². The molecule has 0 spiro atoms. The van der Waals surface area contributed by atoms with Crippen LogP contribution in [-0.4, -0.2) is 54.8 Å². The van der Waals surface area contributed by atoms with Gasteiger partial charge >= 0.3 is 0 Å². The van der Waals surface area contributed by atoms with Gasteiger partial charge in [-0.2, -0.15) is 0 Å². The van der Waals surface area contributed by atoms with E-state index >= 15 is 0 Å². The topological polar surface area (TPSA) is 58.6 Å². The number of halogens is 1. The number of hydrogen-bond acceptors (Lipinski definition) is 4. The third-order valence-electron chi connectivity index (χ3n) is 3.21. The molecule has 5 nitrogen and oxygen atoms in total. The normalized spacial score (nSPS) is 16.2. The molecule has 0 bridgehead atoms. The number of thioether (sulfide) groups is 1. The molecule has 1 heterocycles. The van der Waals surface area contributed by atoms with Gasteiger partial charge in [-0.1, -0.05) is 22.0 Å². The Morgan fingerprint density at radius 3 is 2.77 bits per heavy atom. The predicted molar refractivity (Wildman–Crippen MR) is 89.9 cm³/mol. The largest absolute Gasteiger partial charge is 0.378 e. The van der Waals surface area contributed by atoms with Crippen molar-refractivity contribution in [1.29, 1.82) is 0 Å². The second-order valence-electron chi connectivity index (χ2n) is 4.96. The summed E-state index contributed by atoms with van der Waals surface area (Å²) < 4.78 is 6.26. The highest BCUT2D eigenvalue weighted by atomic mass is 79.9. The van der Waals surface area contributed by atoms with E-state index in [0.717, 1.165) is 9.37 Å². The zero-order valence-electron chi connectivity index (χ0n) is 12.4. The number of hydrogen-bond donors (Lipinski definition) is 1. The average molecular weight is 387 g/mol. The number of ether oxygens (including phenoxy) is 1. The molecule has 120 valence electrons. The number of carbonyl (C=O) groups excluding carboxylic acids is 2. The van der Waals surface area contributed by atoms with Gasteiger partial charge in [0.25, 0.3) is 0 Å². The summed E-state index contributed by atoms with van der Waals surface area (Å²) in [5, 5.41) is 2.76. The summed E-state index contributed by atoms with van der Waals surface area (Å²) in [6.45, 7) is 3.70. The average Bonchev–Trinajstić information content (AvgIpc) is 2.51. The summed E-state index contributed by atoms with van der Waals surface area (Å²) in [5.74, 6) is 0.272. The lowest BCUT2D eigenvalue weighted by atomic mass is 10.2. The van der Waals surface area contributed by atoms with Gasteiger partial charge in [-0.15, -0.1) is 11.8 Å². The van der Waals surface area contributed by atoms with Crippen LogP contribution in [0.1, 0.15) is 6.92 Å². The fraction of sp³-hybridized carbons (Fsp3) is 0.467. The van der Waals surface area contributed by atoms with E-state index in [2.05, 4.69) is 21.2 Å². The molecular weight excluding hydrogens is 368 g/mol. The van der Waals surface area contributed by atoms with E-state index in [1.165, 1.54) is 6.92 Å². The number of nitrogens with zero attached hydrogens (tertiary/aromatic N) is 1. The number of benzene rings is 1. The molecule has 1 atom stereocenters. The van der Waals surface area contributed by atoms with Crippen LogP contribution in [0.25, 0.3) is 0 Å². The first-order chi connectivity index (χ1) is 10.6. The van der Waals surface area contributed by atoms with E-state index < -0.39 is 6.04 Å². The lowest BCUT2D eigenvalue weighted by Crippen LogP contribution is -2.52. The summed E-state index contributed by atoms with van der Waals surface area (Å²) in [6.07, 6.45) is 0. The van der Waals surface area contributed by atoms with E-state index in [1.807, 2.05) is 24.3 Å². The first kappa shape index (κ1) is 17.3. The van der Waals surface area contributed by atoms with Crippen LogP contribution in [0, 0.1) is 0 Å². The molecule has 0 aliphatic carbocycles. The van der Waals surface area contributed by atoms with Gasteiger partial charge in [0.1, 0.15) is 6.04 Å². The summed E-state index contributed by atoms with van der Waals surface area (Å²) in [6, 6.07) is 7.37. The number of carbonyl (C=O) groups is 2. The number of morpholine rings is 1. The van der Waals surface area contributed by atoms with Crippen molar-refractivity contribution in [2.24, 2.45) is 0 Å². The molecule has 22 heavy (non-hydrogen) atoms. The smallest absolute Gasteiger partial charge is 0.246 e. The van der Waals surface area contributed by atoms with E-state index in [9.17, 15) is 9.59 Å². The monoisotopic (exact) mass is 386 g/mol. The Kier molecular flexibility index (Phi) is 6.72. The predicted octanol–water partition coefficient (Wildman–Crippen LogP) is 1.90. The van der Waals surface area contributed by atoms with E-state index in [-0.39, 0.29) is 11.8 Å². The minimum atomic E-state index is -0.514. The molecule has 2 rings (SSSR count). The van der Waals surface area contributed by atoms with Crippen LogP contribution in [0.2, 0.25) is 0 Å². The van der Waals surface area contributed by atoms with Gasteiger partial charge in [0.15, 0.2) is 0 Å². The molecule has 1 aromatic carbocycles. The van der Waals surface area contributed by atoms with Crippen LogP contribution >= 0.6 is 27.7 Å². The van der Waals surface area contributed by atoms with Crippen molar-refractivity contribution in [3.8, 4) is 0 Å². The molecule has 1 aromatic rings. The molecule has 1 saturated heterocycles. The molecule has 0 radical (unpaired) electrons. The maximum absolute atomic E-state index is 12.6. The summed E-state index contributed by atoms with van der Waals surface area (Å²) in [5.41, 5.74) is 0. The number of rotatable bonds is 5. The van der Waals surface area contributed by atoms with Gasteiger partial charge in [0, 0.05) is 35.1 Å². The molecule has 0 aromatic heterocycles. The maximum atomic E-state index is 12.6. The Morgan fingerprint density at radius 2 is 2.14 bits per heavy atom. The van der Waals surface area contributed by atoms with Crippen molar-refractivity contribution in [1.82, 2.24) is 10.2 Å². The number of nitrogens with one attached hydrogen (secondary N) is 1. The van der Waals surface area contributed by atoms with Crippen molar-refractivity contribution < 1.29 is 14.3 Å². The standard InChI is InChI=1S/C15H19BrN2O3S/c1-11(19)17-14(15(20)18-5-7-21-8-6-18)10-22-13-4-2-3-12(16)9-13/h2-4,9,14H,5-8,10H2,1H3,(H,17,19). The van der Waals surface area contributed by atoms with Crippen LogP contribution in [0.15, 0.2) is 33.6 Å². The SMILES string of the molecule is CC(=O)NC(CSc1cccc(Br)c1)C(=O)N1CCOCC1. The Hall–Kier alpha value is -1.05. The van der Waals surface area contributed by atoms with E-state index in [0.29, 0.717) is 32.1 Å². The molecule has 1 aliphatic rings. The Balaban J connectivity index is 1.98. The van der Waals surface area contributed by atoms with Crippen LogP contribution in [0.5, 0.6) is 0 Å². The highest BCUT2D eigenvalue weighted by molar-refractivity contribution is 9.10. The fourth-order valence-corrected chi connectivity index (χ4v) is 3.68. The first-order valence-corrected chi connectivity index (χ1v) is 8.86. The lowest BCUT2D eigenvalue weighted by molar-refractivity contribution is -0.138. The Morgan fingerprint density at radius 1 is 1.41 bits per heavy atom. The molecule has 2 amide bonds. The summed E-state index contributed by atoms with van der Waals surface area (Å²) in [7, 11) is 0. The molecule has 1 fully saturated rings. The quantitative estimate of drug-likeness (QED) is 0.785. The molecule has 0 saturated carbocycles. The second-order valence-corrected chi connectivity index (χ2v) is 6.97. The van der Waals surface area contributed by atoms with Crippen molar-refractivity contribution >= 4 is 39.5 Å². The van der Waals surface area contributed by atoms with Crippen molar-refractivity contribution in [2.75, 3.05) is 32.1 Å². The van der Waals surface area contributed by atoms with Crippen LogP contribution in [0.3, 0.4) is 0 Å². The minimum Gasteiger partial charge on any atom is -0.378 e. The third-order valence-corrected chi connectivity index (χ3v) is 4.79. The Labute approximate surface area is 142 Å². The van der Waals surface area contributed by atoms with Crippen molar-refractivity contribution in [2.45, 2.75) is 17.9 Å². The van der Waals surface area contributed by atoms with Crippen LogP contribution in [-0.2, 0) is 14.3 Å². The highest BCUT2D eigenvalue weighted by Crippen LogP contribution is 2.23. The summed E-state index contributed by atoms with van der Waals surface area (Å²) >= 11 is 4.98. The highest BCUT2D eigenvalue weighted by Gasteiger charge is 2.26. The molecule has 1 unspecified atom stereocenters. The summed E-state index contributed by atoms with van der Waals surface area (Å²) in [4.78, 5) is 26.7. The van der Waals surface area contributed by atoms with Gasteiger partial charge in [-0.05, 0) is 18.2 Å². The van der Waals surface area contributed by atoms with Crippen molar-refractivity contribution in [3.05, 3.63) is 28.7 Å². The van der Waals surface area contributed by atoms with Crippen LogP contribution < -0.4 is 5.32 Å². The fourth-order valence-electron chi connectivity index (χ4n) is 2.16. The minimum absolute atomic E-state index is 0.0407. The first-order valence-electron chi connectivity index (χ1n) is 7.08. The van der Waals surface area contributed by atoms with Gasteiger partial charge in [-0.25, -0.2) is 0 Å². The molecular formula is C15H19BrN2O3S. The molecule has 1 N–H and O–H groups in total. The Bertz CT molecular complexity index is 535. The maximum Gasteiger partial charge on any atom is 0.246 e.